The minimum atomic E-state index is -0.532. The SMILES string of the molecule is CCNCc1cnc(C(C)(CC)OC)[nH]c1=O. The van der Waals surface area contributed by atoms with E-state index in [0.717, 1.165) is 13.0 Å². The van der Waals surface area contributed by atoms with Crippen LogP contribution in [0.2, 0.25) is 0 Å². The van der Waals surface area contributed by atoms with E-state index in [1.165, 1.54) is 0 Å². The molecule has 1 unspecified atom stereocenters. The van der Waals surface area contributed by atoms with Gasteiger partial charge >= 0.3 is 0 Å². The molecule has 1 atom stereocenters. The van der Waals surface area contributed by atoms with Gasteiger partial charge in [-0.25, -0.2) is 4.98 Å². The molecular formula is C12H21N3O2. The number of hydrogen-bond acceptors (Lipinski definition) is 4. The Kier molecular flexibility index (Phi) is 4.84. The lowest BCUT2D eigenvalue weighted by Crippen LogP contribution is -2.31. The number of hydrogen-bond donors (Lipinski definition) is 2. The van der Waals surface area contributed by atoms with E-state index in [-0.39, 0.29) is 5.56 Å². The van der Waals surface area contributed by atoms with Gasteiger partial charge in [0.25, 0.3) is 5.56 Å². The highest BCUT2D eigenvalue weighted by atomic mass is 16.5. The fraction of sp³-hybridized carbons (Fsp3) is 0.667. The van der Waals surface area contributed by atoms with Gasteiger partial charge in [-0.15, -0.1) is 0 Å². The monoisotopic (exact) mass is 239 g/mol. The first kappa shape index (κ1) is 13.9. The minimum Gasteiger partial charge on any atom is -0.371 e. The van der Waals surface area contributed by atoms with E-state index in [1.54, 1.807) is 13.3 Å². The number of methoxy groups -OCH3 is 1. The molecule has 1 aromatic heterocycles. The van der Waals surface area contributed by atoms with Crippen LogP contribution in [0.5, 0.6) is 0 Å². The Morgan fingerprint density at radius 1 is 1.53 bits per heavy atom. The Hall–Kier alpha value is -1.20. The molecule has 0 aliphatic carbocycles. The fourth-order valence-corrected chi connectivity index (χ4v) is 1.48. The molecule has 0 spiro atoms. The number of nitrogens with zero attached hydrogens (tertiary/aromatic N) is 1. The molecule has 5 nitrogen and oxygen atoms in total. The normalized spacial score (nSPS) is 14.6. The third-order valence-corrected chi connectivity index (χ3v) is 3.06. The van der Waals surface area contributed by atoms with Gasteiger partial charge in [0.2, 0.25) is 0 Å². The van der Waals surface area contributed by atoms with Gasteiger partial charge in [0, 0.05) is 25.4 Å². The Morgan fingerprint density at radius 2 is 2.24 bits per heavy atom. The van der Waals surface area contributed by atoms with Crippen molar-refractivity contribution in [1.29, 1.82) is 0 Å². The molecule has 0 fully saturated rings. The van der Waals surface area contributed by atoms with Gasteiger partial charge in [-0.05, 0) is 19.9 Å². The van der Waals surface area contributed by atoms with Crippen molar-refractivity contribution in [2.75, 3.05) is 13.7 Å². The van der Waals surface area contributed by atoms with E-state index in [0.29, 0.717) is 17.9 Å². The number of nitrogens with one attached hydrogen (secondary N) is 2. The molecule has 0 amide bonds. The molecule has 0 saturated heterocycles. The number of aromatic nitrogens is 2. The van der Waals surface area contributed by atoms with E-state index < -0.39 is 5.60 Å². The van der Waals surface area contributed by atoms with Crippen molar-refractivity contribution in [1.82, 2.24) is 15.3 Å². The summed E-state index contributed by atoms with van der Waals surface area (Å²) in [5.74, 6) is 0.577. The summed E-state index contributed by atoms with van der Waals surface area (Å²) in [6, 6.07) is 0. The van der Waals surface area contributed by atoms with E-state index >= 15 is 0 Å². The Morgan fingerprint density at radius 3 is 2.71 bits per heavy atom. The van der Waals surface area contributed by atoms with Gasteiger partial charge in [0.05, 0.1) is 0 Å². The zero-order valence-corrected chi connectivity index (χ0v) is 11.0. The van der Waals surface area contributed by atoms with Crippen LogP contribution in [0.4, 0.5) is 0 Å². The van der Waals surface area contributed by atoms with E-state index in [9.17, 15) is 4.79 Å². The maximum absolute atomic E-state index is 11.8. The van der Waals surface area contributed by atoms with Crippen LogP contribution in [0.1, 0.15) is 38.6 Å². The van der Waals surface area contributed by atoms with E-state index in [4.69, 9.17) is 4.74 Å². The van der Waals surface area contributed by atoms with Crippen molar-refractivity contribution in [3.63, 3.8) is 0 Å². The largest absolute Gasteiger partial charge is 0.371 e. The summed E-state index contributed by atoms with van der Waals surface area (Å²) in [5, 5.41) is 3.10. The molecule has 0 aliphatic heterocycles. The summed E-state index contributed by atoms with van der Waals surface area (Å²) in [4.78, 5) is 18.9. The first-order chi connectivity index (χ1) is 8.07. The fourth-order valence-electron chi connectivity index (χ4n) is 1.48. The minimum absolute atomic E-state index is 0.104. The molecule has 5 heteroatoms. The van der Waals surface area contributed by atoms with Crippen molar-refractivity contribution in [2.24, 2.45) is 0 Å². The van der Waals surface area contributed by atoms with Crippen molar-refractivity contribution in [2.45, 2.75) is 39.3 Å². The molecule has 0 saturated carbocycles. The highest BCUT2D eigenvalue weighted by molar-refractivity contribution is 5.09. The smallest absolute Gasteiger partial charge is 0.255 e. The Bertz CT molecular complexity index is 410. The van der Waals surface area contributed by atoms with Crippen molar-refractivity contribution in [3.05, 3.63) is 27.9 Å². The average Bonchev–Trinajstić information content (AvgIpc) is 2.36. The number of aromatic amines is 1. The predicted octanol–water partition coefficient (Wildman–Crippen LogP) is 1.15. The van der Waals surface area contributed by atoms with Gasteiger partial charge in [0.15, 0.2) is 0 Å². The van der Waals surface area contributed by atoms with Gasteiger partial charge in [-0.3, -0.25) is 4.79 Å². The third-order valence-electron chi connectivity index (χ3n) is 3.06. The van der Waals surface area contributed by atoms with Crippen LogP contribution in [0.25, 0.3) is 0 Å². The van der Waals surface area contributed by atoms with Crippen LogP contribution < -0.4 is 10.9 Å². The van der Waals surface area contributed by atoms with Gasteiger partial charge in [-0.1, -0.05) is 13.8 Å². The molecule has 0 aromatic carbocycles. The van der Waals surface area contributed by atoms with E-state index in [2.05, 4.69) is 15.3 Å². The highest BCUT2D eigenvalue weighted by Crippen LogP contribution is 2.23. The van der Waals surface area contributed by atoms with Crippen LogP contribution in [-0.2, 0) is 16.9 Å². The van der Waals surface area contributed by atoms with Crippen molar-refractivity contribution >= 4 is 0 Å². The van der Waals surface area contributed by atoms with Crippen LogP contribution in [0, 0.1) is 0 Å². The van der Waals surface area contributed by atoms with Gasteiger partial charge in [-0.2, -0.15) is 0 Å². The second-order valence-electron chi connectivity index (χ2n) is 4.16. The molecule has 1 heterocycles. The molecule has 0 bridgehead atoms. The standard InChI is InChI=1S/C12H21N3O2/c1-5-12(3,17-4)11-14-8-9(7-13-6-2)10(16)15-11/h8,13H,5-7H2,1-4H3,(H,14,15,16). The number of ether oxygens (including phenoxy) is 1. The molecule has 17 heavy (non-hydrogen) atoms. The van der Waals surface area contributed by atoms with E-state index in [1.807, 2.05) is 20.8 Å². The lowest BCUT2D eigenvalue weighted by Gasteiger charge is -2.25. The lowest BCUT2D eigenvalue weighted by molar-refractivity contribution is -0.00923. The summed E-state index contributed by atoms with van der Waals surface area (Å²) < 4.78 is 5.40. The summed E-state index contributed by atoms with van der Waals surface area (Å²) in [7, 11) is 1.62. The second-order valence-corrected chi connectivity index (χ2v) is 4.16. The second kappa shape index (κ2) is 5.93. The maximum Gasteiger partial charge on any atom is 0.255 e. The Labute approximate surface area is 102 Å². The Balaban J connectivity index is 3.00. The van der Waals surface area contributed by atoms with Crippen LogP contribution in [0.3, 0.4) is 0 Å². The highest BCUT2D eigenvalue weighted by Gasteiger charge is 2.26. The molecule has 1 rings (SSSR count). The molecule has 96 valence electrons. The zero-order valence-electron chi connectivity index (χ0n) is 11.0. The van der Waals surface area contributed by atoms with Crippen LogP contribution in [0.15, 0.2) is 11.0 Å². The molecular weight excluding hydrogens is 218 g/mol. The number of H-pyrrole nitrogens is 1. The van der Waals surface area contributed by atoms with Crippen LogP contribution >= 0.6 is 0 Å². The lowest BCUT2D eigenvalue weighted by atomic mass is 10.0. The van der Waals surface area contributed by atoms with Crippen LogP contribution in [-0.4, -0.2) is 23.6 Å². The van der Waals surface area contributed by atoms with Crippen molar-refractivity contribution in [3.8, 4) is 0 Å². The predicted molar refractivity (Wildman–Crippen MR) is 66.9 cm³/mol. The number of rotatable bonds is 6. The molecule has 0 aliphatic rings. The van der Waals surface area contributed by atoms with Gasteiger partial charge in [0.1, 0.15) is 11.4 Å². The third kappa shape index (κ3) is 3.14. The van der Waals surface area contributed by atoms with Gasteiger partial charge < -0.3 is 15.0 Å². The summed E-state index contributed by atoms with van der Waals surface area (Å²) in [6.07, 6.45) is 2.36. The first-order valence-corrected chi connectivity index (χ1v) is 5.92. The molecule has 1 aromatic rings. The first-order valence-electron chi connectivity index (χ1n) is 5.92. The summed E-state index contributed by atoms with van der Waals surface area (Å²) >= 11 is 0. The topological polar surface area (TPSA) is 67.0 Å². The average molecular weight is 239 g/mol. The molecule has 0 radical (unpaired) electrons. The zero-order chi connectivity index (χ0) is 12.9. The summed E-state index contributed by atoms with van der Waals surface area (Å²) in [6.45, 7) is 7.27. The quantitative estimate of drug-likeness (QED) is 0.781. The maximum atomic E-state index is 11.8. The van der Waals surface area contributed by atoms with Crippen molar-refractivity contribution < 1.29 is 4.74 Å². The summed E-state index contributed by atoms with van der Waals surface area (Å²) in [5.41, 5.74) is 0.00779. The molecule has 2 N–H and O–H groups in total.